The molecular formula is C22H18FN3O2. The molecule has 0 aliphatic heterocycles. The van der Waals surface area contributed by atoms with Gasteiger partial charge in [0.05, 0.1) is 7.11 Å². The number of aryl methyl sites for hydroxylation is 1. The van der Waals surface area contributed by atoms with E-state index < -0.39 is 0 Å². The second-order valence-electron chi connectivity index (χ2n) is 6.33. The monoisotopic (exact) mass is 375 g/mol. The van der Waals surface area contributed by atoms with Crippen molar-refractivity contribution in [2.45, 2.75) is 13.5 Å². The molecule has 4 aromatic rings. The maximum absolute atomic E-state index is 14.1. The number of benzene rings is 2. The van der Waals surface area contributed by atoms with Gasteiger partial charge in [0.1, 0.15) is 35.1 Å². The molecule has 0 fully saturated rings. The number of halogens is 1. The van der Waals surface area contributed by atoms with E-state index in [9.17, 15) is 4.39 Å². The highest BCUT2D eigenvalue weighted by Crippen LogP contribution is 2.29. The SMILES string of the molecule is COc1cccc(COc2cc(F)cc3ccc(-c4nccc(C)n4)nc23)c1. The van der Waals surface area contributed by atoms with Gasteiger partial charge in [-0.3, -0.25) is 0 Å². The molecule has 0 radical (unpaired) electrons. The maximum atomic E-state index is 14.1. The number of ether oxygens (including phenoxy) is 2. The van der Waals surface area contributed by atoms with Gasteiger partial charge in [0.15, 0.2) is 5.82 Å². The van der Waals surface area contributed by atoms with Gasteiger partial charge in [-0.15, -0.1) is 0 Å². The summed E-state index contributed by atoms with van der Waals surface area (Å²) in [7, 11) is 1.61. The van der Waals surface area contributed by atoms with Crippen LogP contribution in [0.5, 0.6) is 11.5 Å². The van der Waals surface area contributed by atoms with E-state index in [-0.39, 0.29) is 12.4 Å². The molecule has 0 aliphatic rings. The predicted octanol–water partition coefficient (Wildman–Crippen LogP) is 4.73. The highest BCUT2D eigenvalue weighted by atomic mass is 19.1. The fraction of sp³-hybridized carbons (Fsp3) is 0.136. The van der Waals surface area contributed by atoms with Crippen LogP contribution in [0, 0.1) is 12.7 Å². The number of nitrogens with zero attached hydrogens (tertiary/aromatic N) is 3. The Labute approximate surface area is 161 Å². The smallest absolute Gasteiger partial charge is 0.178 e. The lowest BCUT2D eigenvalue weighted by Crippen LogP contribution is -1.99. The molecule has 0 saturated carbocycles. The van der Waals surface area contributed by atoms with Crippen LogP contribution in [0.25, 0.3) is 22.4 Å². The second kappa shape index (κ2) is 7.60. The van der Waals surface area contributed by atoms with Gasteiger partial charge in [0.2, 0.25) is 0 Å². The van der Waals surface area contributed by atoms with Crippen LogP contribution in [0.3, 0.4) is 0 Å². The molecule has 0 N–H and O–H groups in total. The van der Waals surface area contributed by atoms with E-state index in [0.29, 0.717) is 28.2 Å². The first-order valence-corrected chi connectivity index (χ1v) is 8.78. The summed E-state index contributed by atoms with van der Waals surface area (Å²) >= 11 is 0. The van der Waals surface area contributed by atoms with E-state index in [1.807, 2.05) is 37.3 Å². The summed E-state index contributed by atoms with van der Waals surface area (Å²) < 4.78 is 25.2. The maximum Gasteiger partial charge on any atom is 0.178 e. The number of methoxy groups -OCH3 is 1. The molecule has 5 nitrogen and oxygen atoms in total. The van der Waals surface area contributed by atoms with Gasteiger partial charge in [-0.2, -0.15) is 0 Å². The van der Waals surface area contributed by atoms with Crippen molar-refractivity contribution in [1.29, 1.82) is 0 Å². The molecule has 2 aromatic heterocycles. The number of fused-ring (bicyclic) bond motifs is 1. The summed E-state index contributed by atoms with van der Waals surface area (Å²) in [6.07, 6.45) is 1.69. The molecule has 0 aliphatic carbocycles. The molecule has 0 amide bonds. The molecule has 0 atom stereocenters. The van der Waals surface area contributed by atoms with Crippen molar-refractivity contribution >= 4 is 10.9 Å². The standard InChI is InChI=1S/C22H18FN3O2/c1-14-8-9-24-22(25-14)19-7-6-16-11-17(23)12-20(21(16)26-19)28-13-15-4-3-5-18(10-15)27-2/h3-12H,13H2,1-2H3. The predicted molar refractivity (Wildman–Crippen MR) is 105 cm³/mol. The minimum atomic E-state index is -0.380. The summed E-state index contributed by atoms with van der Waals surface area (Å²) in [6.45, 7) is 2.16. The van der Waals surface area contributed by atoms with Crippen LogP contribution in [0.2, 0.25) is 0 Å². The lowest BCUT2D eigenvalue weighted by atomic mass is 10.1. The largest absolute Gasteiger partial charge is 0.497 e. The van der Waals surface area contributed by atoms with Crippen molar-refractivity contribution in [1.82, 2.24) is 15.0 Å². The lowest BCUT2D eigenvalue weighted by Gasteiger charge is -2.11. The van der Waals surface area contributed by atoms with E-state index in [1.165, 1.54) is 12.1 Å². The zero-order chi connectivity index (χ0) is 19.5. The first-order chi connectivity index (χ1) is 13.6. The Morgan fingerprint density at radius 2 is 1.89 bits per heavy atom. The van der Waals surface area contributed by atoms with Crippen LogP contribution in [-0.2, 0) is 6.61 Å². The van der Waals surface area contributed by atoms with Crippen LogP contribution >= 0.6 is 0 Å². The van der Waals surface area contributed by atoms with Crippen molar-refractivity contribution in [3.05, 3.63) is 77.9 Å². The quantitative estimate of drug-likeness (QED) is 0.505. The lowest BCUT2D eigenvalue weighted by molar-refractivity contribution is 0.307. The van der Waals surface area contributed by atoms with Crippen molar-refractivity contribution in [2.24, 2.45) is 0 Å². The van der Waals surface area contributed by atoms with Crippen LogP contribution in [0.1, 0.15) is 11.3 Å². The molecule has 2 aromatic carbocycles. The molecule has 28 heavy (non-hydrogen) atoms. The third-order valence-corrected chi connectivity index (χ3v) is 4.27. The van der Waals surface area contributed by atoms with Gasteiger partial charge in [0.25, 0.3) is 0 Å². The average molecular weight is 375 g/mol. The summed E-state index contributed by atoms with van der Waals surface area (Å²) in [6, 6.07) is 15.7. The van der Waals surface area contributed by atoms with Gasteiger partial charge >= 0.3 is 0 Å². The Bertz CT molecular complexity index is 1150. The van der Waals surface area contributed by atoms with Crippen molar-refractivity contribution in [3.8, 4) is 23.0 Å². The first kappa shape index (κ1) is 17.9. The summed E-state index contributed by atoms with van der Waals surface area (Å²) in [5.74, 6) is 1.24. The third kappa shape index (κ3) is 3.76. The zero-order valence-corrected chi connectivity index (χ0v) is 15.5. The highest BCUT2D eigenvalue weighted by Gasteiger charge is 2.11. The molecule has 0 bridgehead atoms. The molecular weight excluding hydrogens is 357 g/mol. The summed E-state index contributed by atoms with van der Waals surface area (Å²) in [5, 5.41) is 0.650. The van der Waals surface area contributed by atoms with E-state index in [1.54, 1.807) is 25.4 Å². The fourth-order valence-corrected chi connectivity index (χ4v) is 2.90. The van der Waals surface area contributed by atoms with Crippen LogP contribution in [0.4, 0.5) is 4.39 Å². The van der Waals surface area contributed by atoms with E-state index >= 15 is 0 Å². The van der Waals surface area contributed by atoms with E-state index in [2.05, 4.69) is 15.0 Å². The number of rotatable bonds is 5. The number of hydrogen-bond donors (Lipinski definition) is 0. The Hall–Kier alpha value is -3.54. The van der Waals surface area contributed by atoms with E-state index in [4.69, 9.17) is 9.47 Å². The van der Waals surface area contributed by atoms with Crippen LogP contribution < -0.4 is 9.47 Å². The van der Waals surface area contributed by atoms with Crippen LogP contribution in [-0.4, -0.2) is 22.1 Å². The number of hydrogen-bond acceptors (Lipinski definition) is 5. The molecule has 0 saturated heterocycles. The molecule has 0 unspecified atom stereocenters. The molecule has 0 spiro atoms. The Kier molecular flexibility index (Phi) is 4.85. The average Bonchev–Trinajstić information content (AvgIpc) is 2.71. The molecule has 6 heteroatoms. The Morgan fingerprint density at radius 3 is 2.71 bits per heavy atom. The van der Waals surface area contributed by atoms with Gasteiger partial charge in [-0.1, -0.05) is 18.2 Å². The minimum absolute atomic E-state index is 0.266. The fourth-order valence-electron chi connectivity index (χ4n) is 2.90. The minimum Gasteiger partial charge on any atom is -0.497 e. The second-order valence-corrected chi connectivity index (χ2v) is 6.33. The van der Waals surface area contributed by atoms with Crippen molar-refractivity contribution < 1.29 is 13.9 Å². The topological polar surface area (TPSA) is 57.1 Å². The van der Waals surface area contributed by atoms with E-state index in [0.717, 1.165) is 17.0 Å². The van der Waals surface area contributed by atoms with Crippen LogP contribution in [0.15, 0.2) is 60.8 Å². The van der Waals surface area contributed by atoms with Gasteiger partial charge in [-0.05, 0) is 42.8 Å². The normalized spacial score (nSPS) is 10.8. The first-order valence-electron chi connectivity index (χ1n) is 8.78. The molecule has 2 heterocycles. The Balaban J connectivity index is 1.71. The third-order valence-electron chi connectivity index (χ3n) is 4.27. The van der Waals surface area contributed by atoms with Gasteiger partial charge in [-0.25, -0.2) is 19.3 Å². The highest BCUT2D eigenvalue weighted by molar-refractivity contribution is 5.86. The van der Waals surface area contributed by atoms with Crippen molar-refractivity contribution in [3.63, 3.8) is 0 Å². The number of pyridine rings is 1. The zero-order valence-electron chi connectivity index (χ0n) is 15.5. The summed E-state index contributed by atoms with van der Waals surface area (Å²) in [4.78, 5) is 13.3. The summed E-state index contributed by atoms with van der Waals surface area (Å²) in [5.41, 5.74) is 2.93. The molecule has 140 valence electrons. The van der Waals surface area contributed by atoms with Gasteiger partial charge < -0.3 is 9.47 Å². The molecule has 4 rings (SSSR count). The number of aromatic nitrogens is 3. The van der Waals surface area contributed by atoms with Gasteiger partial charge in [0, 0.05) is 23.3 Å². The Morgan fingerprint density at radius 1 is 1.00 bits per heavy atom. The van der Waals surface area contributed by atoms with Crippen molar-refractivity contribution in [2.75, 3.05) is 7.11 Å².